The first-order valence-corrected chi connectivity index (χ1v) is 17.3. The van der Waals surface area contributed by atoms with Crippen molar-refractivity contribution in [2.75, 3.05) is 32.0 Å². The zero-order chi connectivity index (χ0) is 33.9. The molecule has 8 atom stereocenters. The largest absolute Gasteiger partial charge is 0.509 e. The van der Waals surface area contributed by atoms with E-state index in [2.05, 4.69) is 19.9 Å². The zero-order valence-electron chi connectivity index (χ0n) is 25.3. The molecule has 0 radical (unpaired) electrons. The van der Waals surface area contributed by atoms with Crippen LogP contribution in [0.25, 0.3) is 11.2 Å². The summed E-state index contributed by atoms with van der Waals surface area (Å²) >= 11 is 0.476. The molecule has 2 saturated heterocycles. The van der Waals surface area contributed by atoms with Crippen molar-refractivity contribution in [2.45, 2.75) is 69.3 Å². The van der Waals surface area contributed by atoms with Crippen LogP contribution in [0.15, 0.2) is 34.5 Å². The molecular weight excluding hydrogens is 669 g/mol. The number of rotatable bonds is 13. The standard InChI is InChI=1S/C25H34N7O13PS/c1-12(2)42-25(37)40-11-47-46(38,45-19-14(7-33)44-23(20(19)39-3)31-5-4-16(35)30-24(31)36)41-8-15-13(34)6-17(43-15)32-10-29-18-21(26)27-9-28-22(18)32/h4-5,9-10,12-15,17,19-20,23,33-34H,6-8,11H2,1-3H3,(H2,26,27,28)(H,30,35,36)/t13?,14-,15-,17-,19?,20+,23-,46?/m1/s1. The zero-order valence-corrected chi connectivity index (χ0v) is 27.0. The fourth-order valence-corrected chi connectivity index (χ4v) is 7.77. The highest BCUT2D eigenvalue weighted by Crippen LogP contribution is 2.63. The number of nitrogen functional groups attached to an aromatic ring is 1. The van der Waals surface area contributed by atoms with Crippen molar-refractivity contribution in [2.24, 2.45) is 0 Å². The molecular formula is C25H34N7O13PS. The summed E-state index contributed by atoms with van der Waals surface area (Å²) < 4.78 is 55.8. The second-order valence-corrected chi connectivity index (χ2v) is 14.6. The number of H-pyrrole nitrogens is 1. The molecule has 0 spiro atoms. The van der Waals surface area contributed by atoms with E-state index in [-0.39, 0.29) is 12.2 Å². The van der Waals surface area contributed by atoms with Gasteiger partial charge in [0.05, 0.1) is 31.7 Å². The van der Waals surface area contributed by atoms with Gasteiger partial charge in [-0.25, -0.2) is 29.1 Å². The van der Waals surface area contributed by atoms with Crippen LogP contribution in [-0.4, -0.2) is 108 Å². The van der Waals surface area contributed by atoms with Gasteiger partial charge in [0.15, 0.2) is 23.6 Å². The van der Waals surface area contributed by atoms with Gasteiger partial charge in [0, 0.05) is 37.2 Å². The molecule has 3 unspecified atom stereocenters. The first kappa shape index (κ1) is 34.9. The average Bonchev–Trinajstić information content (AvgIpc) is 3.71. The third-order valence-electron chi connectivity index (χ3n) is 7.13. The van der Waals surface area contributed by atoms with E-state index < -0.39 is 92.4 Å². The van der Waals surface area contributed by atoms with E-state index in [4.69, 9.17) is 38.5 Å². The van der Waals surface area contributed by atoms with Crippen LogP contribution in [0, 0.1) is 0 Å². The fourth-order valence-electron chi connectivity index (χ4n) is 4.98. The number of carbonyl (C=O) groups is 1. The molecule has 22 heteroatoms. The van der Waals surface area contributed by atoms with Gasteiger partial charge in [-0.05, 0) is 13.8 Å². The summed E-state index contributed by atoms with van der Waals surface area (Å²) in [4.78, 5) is 50.5. The molecule has 0 aromatic carbocycles. The highest BCUT2D eigenvalue weighted by molar-refractivity contribution is 8.55. The Morgan fingerprint density at radius 3 is 2.70 bits per heavy atom. The van der Waals surface area contributed by atoms with Crippen LogP contribution < -0.4 is 17.0 Å². The normalized spacial score (nSPS) is 27.3. The number of aliphatic hydroxyl groups excluding tert-OH is 2. The number of nitrogens with one attached hydrogen (secondary N) is 1. The van der Waals surface area contributed by atoms with Gasteiger partial charge >= 0.3 is 18.6 Å². The molecule has 20 nitrogen and oxygen atoms in total. The Hall–Kier alpha value is -3.40. The van der Waals surface area contributed by atoms with Gasteiger partial charge in [-0.15, -0.1) is 0 Å². The van der Waals surface area contributed by atoms with Crippen molar-refractivity contribution in [1.29, 1.82) is 0 Å². The lowest BCUT2D eigenvalue weighted by Crippen LogP contribution is -2.39. The predicted molar refractivity (Wildman–Crippen MR) is 161 cm³/mol. The highest BCUT2D eigenvalue weighted by Gasteiger charge is 2.51. The number of hydrogen-bond donors (Lipinski definition) is 4. The van der Waals surface area contributed by atoms with E-state index in [1.807, 2.05) is 0 Å². The first-order chi connectivity index (χ1) is 22.4. The molecule has 2 fully saturated rings. The number of imidazole rings is 1. The number of nitrogens with zero attached hydrogens (tertiary/aromatic N) is 5. The topological polar surface area (TPSA) is 264 Å². The number of fused-ring (bicyclic) bond motifs is 1. The number of aromatic nitrogens is 6. The molecule has 5 rings (SSSR count). The van der Waals surface area contributed by atoms with Gasteiger partial charge in [-0.3, -0.25) is 28.0 Å². The number of aromatic amines is 1. The van der Waals surface area contributed by atoms with Crippen LogP contribution in [-0.2, 0) is 37.3 Å². The third-order valence-corrected chi connectivity index (χ3v) is 10.5. The Kier molecular flexibility index (Phi) is 11.0. The van der Waals surface area contributed by atoms with Crippen molar-refractivity contribution in [3.8, 4) is 0 Å². The molecule has 5 heterocycles. The Morgan fingerprint density at radius 2 is 2.00 bits per heavy atom. The molecule has 0 aliphatic carbocycles. The summed E-state index contributed by atoms with van der Waals surface area (Å²) in [5.74, 6) is -0.375. The van der Waals surface area contributed by atoms with E-state index in [1.165, 1.54) is 26.0 Å². The molecule has 3 aromatic rings. The number of nitrogens with two attached hydrogens (primary N) is 1. The summed E-state index contributed by atoms with van der Waals surface area (Å²) in [5.41, 5.74) is 5.13. The Morgan fingerprint density at radius 1 is 1.21 bits per heavy atom. The number of aliphatic hydroxyl groups is 2. The van der Waals surface area contributed by atoms with Gasteiger partial charge in [-0.1, -0.05) is 0 Å². The maximum absolute atomic E-state index is 14.2. The molecule has 5 N–H and O–H groups in total. The smallest absolute Gasteiger partial charge is 0.432 e. The molecule has 2 aliphatic heterocycles. The van der Waals surface area contributed by atoms with Crippen LogP contribution in [0.1, 0.15) is 32.7 Å². The van der Waals surface area contributed by atoms with Crippen LogP contribution in [0.3, 0.4) is 0 Å². The minimum absolute atomic E-state index is 0.0935. The van der Waals surface area contributed by atoms with E-state index >= 15 is 0 Å². The van der Waals surface area contributed by atoms with Crippen molar-refractivity contribution in [1.82, 2.24) is 29.1 Å². The second-order valence-electron chi connectivity index (χ2n) is 10.6. The van der Waals surface area contributed by atoms with Crippen molar-refractivity contribution in [3.63, 3.8) is 0 Å². The summed E-state index contributed by atoms with van der Waals surface area (Å²) in [6.45, 7) is -2.26. The monoisotopic (exact) mass is 703 g/mol. The van der Waals surface area contributed by atoms with E-state index in [0.29, 0.717) is 22.5 Å². The van der Waals surface area contributed by atoms with E-state index in [1.54, 1.807) is 18.4 Å². The lowest BCUT2D eigenvalue weighted by atomic mass is 10.1. The second kappa shape index (κ2) is 14.8. The lowest BCUT2D eigenvalue weighted by Gasteiger charge is -2.28. The maximum Gasteiger partial charge on any atom is 0.509 e. The van der Waals surface area contributed by atoms with Crippen molar-refractivity contribution >= 4 is 41.3 Å². The fraction of sp³-hybridized carbons (Fsp3) is 0.600. The Balaban J connectivity index is 1.34. The summed E-state index contributed by atoms with van der Waals surface area (Å²) in [7, 11) is 1.28. The van der Waals surface area contributed by atoms with Gasteiger partial charge in [0.1, 0.15) is 42.5 Å². The molecule has 0 saturated carbocycles. The summed E-state index contributed by atoms with van der Waals surface area (Å²) in [5, 5.41) is 20.9. The van der Waals surface area contributed by atoms with Crippen LogP contribution in [0.4, 0.5) is 10.6 Å². The van der Waals surface area contributed by atoms with Crippen LogP contribution >= 0.6 is 18.2 Å². The molecule has 47 heavy (non-hydrogen) atoms. The Bertz CT molecular complexity index is 1720. The summed E-state index contributed by atoms with van der Waals surface area (Å²) in [6, 6.07) is 1.09. The number of hydrogen-bond acceptors (Lipinski definition) is 18. The number of carbonyl (C=O) groups excluding carboxylic acids is 1. The first-order valence-electron chi connectivity index (χ1n) is 14.2. The van der Waals surface area contributed by atoms with Gasteiger partial charge < -0.3 is 39.6 Å². The van der Waals surface area contributed by atoms with Gasteiger partial charge in [0.2, 0.25) is 0 Å². The SMILES string of the molecule is CO[C@H]1C(OP(=O)(OC[C@H]2O[C@@H](n3cnc4c(N)ncnc43)CC2O)SCOC(=O)OC(C)C)[C@@H](CO)O[C@H]1n1ccc(=O)[nH]c1=O. The number of methoxy groups -OCH3 is 1. The highest BCUT2D eigenvalue weighted by atomic mass is 32.7. The molecule has 258 valence electrons. The van der Waals surface area contributed by atoms with Gasteiger partial charge in [0.25, 0.3) is 5.56 Å². The number of ether oxygens (including phenoxy) is 5. The lowest BCUT2D eigenvalue weighted by molar-refractivity contribution is -0.0625. The number of anilines is 1. The molecule has 2 aliphatic rings. The quantitative estimate of drug-likeness (QED) is 0.106. The average molecular weight is 704 g/mol. The predicted octanol–water partition coefficient (Wildman–Crippen LogP) is 0.274. The Labute approximate surface area is 269 Å². The molecule has 3 aromatic heterocycles. The van der Waals surface area contributed by atoms with Crippen molar-refractivity contribution in [3.05, 3.63) is 45.8 Å². The van der Waals surface area contributed by atoms with Gasteiger partial charge in [-0.2, -0.15) is 0 Å². The van der Waals surface area contributed by atoms with Crippen LogP contribution in [0.2, 0.25) is 0 Å². The maximum atomic E-state index is 14.2. The van der Waals surface area contributed by atoms with Crippen molar-refractivity contribution < 1.29 is 52.3 Å². The molecule has 0 amide bonds. The minimum Gasteiger partial charge on any atom is -0.432 e. The summed E-state index contributed by atoms with van der Waals surface area (Å²) in [6.07, 6.45) is -5.23. The van der Waals surface area contributed by atoms with E-state index in [0.717, 1.165) is 10.6 Å². The van der Waals surface area contributed by atoms with E-state index in [9.17, 15) is 29.2 Å². The minimum atomic E-state index is -4.38. The molecule has 0 bridgehead atoms. The van der Waals surface area contributed by atoms with Crippen LogP contribution in [0.5, 0.6) is 0 Å². The third kappa shape index (κ3) is 7.85.